The molecule has 0 radical (unpaired) electrons. The molecule has 1 fully saturated rings. The van der Waals surface area contributed by atoms with Gasteiger partial charge in [0.15, 0.2) is 5.17 Å². The van der Waals surface area contributed by atoms with E-state index in [9.17, 15) is 4.79 Å². The highest BCUT2D eigenvalue weighted by atomic mass is 32.2. The Bertz CT molecular complexity index is 774. The summed E-state index contributed by atoms with van der Waals surface area (Å²) in [6.07, 6.45) is 1.93. The third kappa shape index (κ3) is 2.48. The van der Waals surface area contributed by atoms with Crippen LogP contribution in [0.5, 0.6) is 0 Å². The Morgan fingerprint density at radius 3 is 2.50 bits per heavy atom. The highest BCUT2D eigenvalue weighted by Crippen LogP contribution is 2.32. The lowest BCUT2D eigenvalue weighted by Crippen LogP contribution is -2.23. The van der Waals surface area contributed by atoms with Gasteiger partial charge in [0.1, 0.15) is 0 Å². The summed E-state index contributed by atoms with van der Waals surface area (Å²) >= 11 is 1.41. The molecule has 3 rings (SSSR count). The number of benzene rings is 1. The fraction of sp³-hybridized carbons (Fsp3) is 0.176. The van der Waals surface area contributed by atoms with Gasteiger partial charge in [-0.05, 0) is 49.0 Å². The van der Waals surface area contributed by atoms with Crippen LogP contribution in [0, 0.1) is 6.92 Å². The van der Waals surface area contributed by atoms with Crippen molar-refractivity contribution in [1.29, 1.82) is 0 Å². The summed E-state index contributed by atoms with van der Waals surface area (Å²) in [6.45, 7) is 2.06. The van der Waals surface area contributed by atoms with Gasteiger partial charge in [-0.3, -0.25) is 14.7 Å². The third-order valence-electron chi connectivity index (χ3n) is 3.59. The molecule has 2 heterocycles. The molecule has 1 aliphatic rings. The number of thioether (sulfide) groups is 1. The van der Waals surface area contributed by atoms with Crippen LogP contribution >= 0.6 is 11.8 Å². The Labute approximate surface area is 134 Å². The summed E-state index contributed by atoms with van der Waals surface area (Å²) in [7, 11) is 3.45. The molecule has 2 aromatic rings. The van der Waals surface area contributed by atoms with Gasteiger partial charge >= 0.3 is 0 Å². The van der Waals surface area contributed by atoms with Gasteiger partial charge < -0.3 is 4.57 Å². The van der Waals surface area contributed by atoms with Crippen molar-refractivity contribution in [3.8, 4) is 5.69 Å². The smallest absolute Gasteiger partial charge is 0.266 e. The Morgan fingerprint density at radius 2 is 1.86 bits per heavy atom. The van der Waals surface area contributed by atoms with E-state index in [0.717, 1.165) is 22.2 Å². The topological polar surface area (TPSA) is 37.6 Å². The van der Waals surface area contributed by atoms with Crippen molar-refractivity contribution in [2.45, 2.75) is 6.92 Å². The number of hydrogen-bond donors (Lipinski definition) is 0. The largest absolute Gasteiger partial charge is 0.314 e. The molecule has 1 aliphatic heterocycles. The zero-order valence-corrected chi connectivity index (χ0v) is 13.6. The van der Waals surface area contributed by atoms with Gasteiger partial charge in [0.05, 0.1) is 4.91 Å². The number of likely N-dealkylation sites (N-methyl/N-ethyl adjacent to an activating group) is 1. The molecule has 5 heteroatoms. The van der Waals surface area contributed by atoms with Crippen molar-refractivity contribution in [3.63, 3.8) is 0 Å². The summed E-state index contributed by atoms with van der Waals surface area (Å²) in [4.78, 5) is 18.7. The monoisotopic (exact) mass is 311 g/mol. The molecule has 0 saturated carbocycles. The number of amides is 1. The molecule has 4 nitrogen and oxygen atoms in total. The molecule has 1 amide bonds. The second-order valence-corrected chi connectivity index (χ2v) is 6.06. The molecule has 0 bridgehead atoms. The van der Waals surface area contributed by atoms with Crippen LogP contribution in [-0.2, 0) is 4.79 Å². The molecule has 0 aliphatic carbocycles. The van der Waals surface area contributed by atoms with Crippen LogP contribution in [0.25, 0.3) is 11.8 Å². The van der Waals surface area contributed by atoms with E-state index < -0.39 is 0 Å². The van der Waals surface area contributed by atoms with E-state index in [2.05, 4.69) is 34.7 Å². The number of aliphatic imine (C=N–C) groups is 1. The molecule has 0 spiro atoms. The van der Waals surface area contributed by atoms with Gasteiger partial charge in [-0.25, -0.2) is 0 Å². The van der Waals surface area contributed by atoms with Crippen LogP contribution in [0.2, 0.25) is 0 Å². The summed E-state index contributed by atoms with van der Waals surface area (Å²) < 4.78 is 2.14. The molecular formula is C17H17N3OS. The SMILES string of the molecule is CN=C1S/C(=C\c2ccc(C)n2-c2ccccc2)C(=O)N1C. The first kappa shape index (κ1) is 14.7. The van der Waals surface area contributed by atoms with Gasteiger partial charge in [0.2, 0.25) is 0 Å². The Hall–Kier alpha value is -2.27. The van der Waals surface area contributed by atoms with E-state index in [1.54, 1.807) is 19.0 Å². The Balaban J connectivity index is 2.05. The van der Waals surface area contributed by atoms with E-state index in [1.807, 2.05) is 30.3 Å². The average molecular weight is 311 g/mol. The quantitative estimate of drug-likeness (QED) is 0.798. The minimum atomic E-state index is -0.0101. The predicted molar refractivity (Wildman–Crippen MR) is 92.2 cm³/mol. The summed E-state index contributed by atoms with van der Waals surface area (Å²) in [6, 6.07) is 14.2. The van der Waals surface area contributed by atoms with Crippen LogP contribution in [-0.4, -0.2) is 34.6 Å². The second-order valence-electron chi connectivity index (χ2n) is 5.05. The summed E-state index contributed by atoms with van der Waals surface area (Å²) in [5, 5.41) is 0.728. The lowest BCUT2D eigenvalue weighted by molar-refractivity contribution is -0.121. The van der Waals surface area contributed by atoms with Crippen molar-refractivity contribution >= 4 is 28.9 Å². The third-order valence-corrected chi connectivity index (χ3v) is 4.75. The lowest BCUT2D eigenvalue weighted by atomic mass is 10.3. The van der Waals surface area contributed by atoms with Crippen LogP contribution in [0.1, 0.15) is 11.4 Å². The Kier molecular flexibility index (Phi) is 3.90. The van der Waals surface area contributed by atoms with Crippen LogP contribution in [0.3, 0.4) is 0 Å². The lowest BCUT2D eigenvalue weighted by Gasteiger charge is -2.09. The number of para-hydroxylation sites is 1. The Morgan fingerprint density at radius 1 is 1.14 bits per heavy atom. The zero-order valence-electron chi connectivity index (χ0n) is 12.8. The van der Waals surface area contributed by atoms with Crippen LogP contribution < -0.4 is 0 Å². The maximum atomic E-state index is 12.3. The second kappa shape index (κ2) is 5.85. The number of nitrogens with zero attached hydrogens (tertiary/aromatic N) is 3. The van der Waals surface area contributed by atoms with Crippen molar-refractivity contribution < 1.29 is 4.79 Å². The summed E-state index contributed by atoms with van der Waals surface area (Å²) in [5.41, 5.74) is 3.21. The van der Waals surface area contributed by atoms with Gasteiger partial charge in [-0.1, -0.05) is 18.2 Å². The number of aryl methyl sites for hydroxylation is 1. The highest BCUT2D eigenvalue weighted by Gasteiger charge is 2.30. The fourth-order valence-electron chi connectivity index (χ4n) is 2.48. The number of carbonyl (C=O) groups excluding carboxylic acids is 1. The van der Waals surface area contributed by atoms with Crippen molar-refractivity contribution in [2.75, 3.05) is 14.1 Å². The number of hydrogen-bond acceptors (Lipinski definition) is 3. The van der Waals surface area contributed by atoms with E-state index in [0.29, 0.717) is 4.91 Å². The van der Waals surface area contributed by atoms with Crippen molar-refractivity contribution in [3.05, 3.63) is 58.8 Å². The molecule has 0 unspecified atom stereocenters. The van der Waals surface area contributed by atoms with Crippen LogP contribution in [0.4, 0.5) is 0 Å². The fourth-order valence-corrected chi connectivity index (χ4v) is 3.40. The minimum absolute atomic E-state index is 0.0101. The van der Waals surface area contributed by atoms with Gasteiger partial charge in [-0.2, -0.15) is 0 Å². The first-order chi connectivity index (χ1) is 10.6. The van der Waals surface area contributed by atoms with Gasteiger partial charge in [-0.15, -0.1) is 0 Å². The van der Waals surface area contributed by atoms with Crippen molar-refractivity contribution in [1.82, 2.24) is 9.47 Å². The first-order valence-electron chi connectivity index (χ1n) is 7.00. The molecule has 112 valence electrons. The van der Waals surface area contributed by atoms with Gasteiger partial charge in [0, 0.05) is 31.2 Å². The molecule has 22 heavy (non-hydrogen) atoms. The van der Waals surface area contributed by atoms with E-state index >= 15 is 0 Å². The highest BCUT2D eigenvalue weighted by molar-refractivity contribution is 8.18. The molecule has 1 aromatic heterocycles. The van der Waals surface area contributed by atoms with E-state index in [1.165, 1.54) is 11.8 Å². The molecular weight excluding hydrogens is 294 g/mol. The van der Waals surface area contributed by atoms with E-state index in [-0.39, 0.29) is 5.91 Å². The molecule has 1 saturated heterocycles. The van der Waals surface area contributed by atoms with Gasteiger partial charge in [0.25, 0.3) is 5.91 Å². The zero-order chi connectivity index (χ0) is 15.7. The number of carbonyl (C=O) groups is 1. The predicted octanol–water partition coefficient (Wildman–Crippen LogP) is 3.32. The summed E-state index contributed by atoms with van der Waals surface area (Å²) in [5.74, 6) is -0.0101. The maximum Gasteiger partial charge on any atom is 0.266 e. The van der Waals surface area contributed by atoms with E-state index in [4.69, 9.17) is 0 Å². The molecule has 1 aromatic carbocycles. The first-order valence-corrected chi connectivity index (χ1v) is 7.81. The van der Waals surface area contributed by atoms with Crippen molar-refractivity contribution in [2.24, 2.45) is 4.99 Å². The standard InChI is InChI=1S/C17H17N3OS/c1-12-9-10-14(20(12)13-7-5-4-6-8-13)11-15-16(21)19(3)17(18-2)22-15/h4-11H,1-3H3/b15-11-,18-17?. The normalized spacial score (nSPS) is 18.7. The average Bonchev–Trinajstić information content (AvgIpc) is 3.03. The minimum Gasteiger partial charge on any atom is -0.314 e. The number of amidine groups is 1. The number of rotatable bonds is 2. The van der Waals surface area contributed by atoms with Crippen LogP contribution in [0.15, 0.2) is 52.4 Å². The molecule has 0 N–H and O–H groups in total. The number of aromatic nitrogens is 1. The maximum absolute atomic E-state index is 12.3. The molecule has 0 atom stereocenters.